The molecule has 2 rings (SSSR count). The van der Waals surface area contributed by atoms with Crippen LogP contribution >= 0.6 is 0 Å². The maximum absolute atomic E-state index is 12.1. The summed E-state index contributed by atoms with van der Waals surface area (Å²) in [4.78, 5) is 4.27. The second-order valence-corrected chi connectivity index (χ2v) is 5.94. The number of pyridine rings is 1. The molecule has 1 aromatic heterocycles. The van der Waals surface area contributed by atoms with Gasteiger partial charge in [0, 0.05) is 25.4 Å². The summed E-state index contributed by atoms with van der Waals surface area (Å²) < 4.78 is 26.9. The SMILES string of the molecule is CNc1cc(S(=O)(=O)NC2CCCC2)ccn1. The molecule has 1 aromatic rings. The summed E-state index contributed by atoms with van der Waals surface area (Å²) in [6.07, 6.45) is 5.57. The van der Waals surface area contributed by atoms with Gasteiger partial charge in [-0.15, -0.1) is 0 Å². The number of sulfonamides is 1. The summed E-state index contributed by atoms with van der Waals surface area (Å²) in [5, 5.41) is 2.83. The molecule has 0 saturated heterocycles. The van der Waals surface area contributed by atoms with E-state index >= 15 is 0 Å². The predicted molar refractivity (Wildman–Crippen MR) is 66.4 cm³/mol. The van der Waals surface area contributed by atoms with Crippen LogP contribution in [-0.2, 0) is 10.0 Å². The van der Waals surface area contributed by atoms with Crippen molar-refractivity contribution in [2.45, 2.75) is 36.6 Å². The van der Waals surface area contributed by atoms with Gasteiger partial charge in [0.15, 0.2) is 0 Å². The Bertz CT molecular complexity index is 481. The minimum atomic E-state index is -3.41. The Morgan fingerprint density at radius 3 is 2.71 bits per heavy atom. The molecule has 1 saturated carbocycles. The van der Waals surface area contributed by atoms with Crippen molar-refractivity contribution in [3.8, 4) is 0 Å². The van der Waals surface area contributed by atoms with Crippen molar-refractivity contribution in [2.75, 3.05) is 12.4 Å². The molecule has 17 heavy (non-hydrogen) atoms. The first kappa shape index (κ1) is 12.3. The molecule has 0 amide bonds. The zero-order valence-electron chi connectivity index (χ0n) is 9.81. The quantitative estimate of drug-likeness (QED) is 0.852. The smallest absolute Gasteiger partial charge is 0.241 e. The van der Waals surface area contributed by atoms with Crippen molar-refractivity contribution in [3.63, 3.8) is 0 Å². The molecule has 0 spiro atoms. The minimum Gasteiger partial charge on any atom is -0.373 e. The van der Waals surface area contributed by atoms with Crippen LogP contribution in [0.5, 0.6) is 0 Å². The molecule has 0 aromatic carbocycles. The van der Waals surface area contributed by atoms with Crippen molar-refractivity contribution < 1.29 is 8.42 Å². The van der Waals surface area contributed by atoms with E-state index in [-0.39, 0.29) is 10.9 Å². The fourth-order valence-corrected chi connectivity index (χ4v) is 3.36. The van der Waals surface area contributed by atoms with Gasteiger partial charge in [-0.05, 0) is 18.9 Å². The van der Waals surface area contributed by atoms with E-state index < -0.39 is 10.0 Å². The van der Waals surface area contributed by atoms with Crippen LogP contribution in [0.3, 0.4) is 0 Å². The van der Waals surface area contributed by atoms with E-state index in [2.05, 4.69) is 15.0 Å². The number of aromatic nitrogens is 1. The average Bonchev–Trinajstić information content (AvgIpc) is 2.81. The van der Waals surface area contributed by atoms with Gasteiger partial charge in [0.1, 0.15) is 5.82 Å². The van der Waals surface area contributed by atoms with E-state index in [1.807, 2.05) is 0 Å². The predicted octanol–water partition coefficient (Wildman–Crippen LogP) is 1.34. The largest absolute Gasteiger partial charge is 0.373 e. The van der Waals surface area contributed by atoms with Crippen LogP contribution in [0.15, 0.2) is 23.2 Å². The van der Waals surface area contributed by atoms with Gasteiger partial charge in [-0.25, -0.2) is 18.1 Å². The molecule has 0 radical (unpaired) electrons. The standard InChI is InChI=1S/C11H17N3O2S/c1-12-11-8-10(6-7-13-11)17(15,16)14-9-4-2-3-5-9/h6-9,14H,2-5H2,1H3,(H,12,13). The van der Waals surface area contributed by atoms with Gasteiger partial charge in [0.25, 0.3) is 0 Å². The van der Waals surface area contributed by atoms with Crippen LogP contribution in [0, 0.1) is 0 Å². The topological polar surface area (TPSA) is 71.1 Å². The van der Waals surface area contributed by atoms with E-state index in [1.54, 1.807) is 7.05 Å². The zero-order valence-corrected chi connectivity index (χ0v) is 10.6. The second-order valence-electron chi connectivity index (χ2n) is 4.23. The molecule has 0 aliphatic heterocycles. The van der Waals surface area contributed by atoms with Crippen LogP contribution in [0.25, 0.3) is 0 Å². The second kappa shape index (κ2) is 5.01. The first-order valence-electron chi connectivity index (χ1n) is 5.78. The van der Waals surface area contributed by atoms with Gasteiger partial charge >= 0.3 is 0 Å². The Hall–Kier alpha value is -1.14. The molecule has 94 valence electrons. The molecular weight excluding hydrogens is 238 g/mol. The van der Waals surface area contributed by atoms with Gasteiger partial charge in [-0.1, -0.05) is 12.8 Å². The fraction of sp³-hybridized carbons (Fsp3) is 0.545. The van der Waals surface area contributed by atoms with Crippen LogP contribution in [0.1, 0.15) is 25.7 Å². The molecule has 6 heteroatoms. The molecule has 0 atom stereocenters. The number of nitrogens with zero attached hydrogens (tertiary/aromatic N) is 1. The molecule has 1 fully saturated rings. The lowest BCUT2D eigenvalue weighted by Crippen LogP contribution is -2.32. The molecular formula is C11H17N3O2S. The molecule has 1 heterocycles. The van der Waals surface area contributed by atoms with Crippen molar-refractivity contribution in [3.05, 3.63) is 18.3 Å². The van der Waals surface area contributed by atoms with Crippen LogP contribution in [0.2, 0.25) is 0 Å². The zero-order chi connectivity index (χ0) is 12.3. The van der Waals surface area contributed by atoms with Crippen molar-refractivity contribution in [1.29, 1.82) is 0 Å². The van der Waals surface area contributed by atoms with Crippen molar-refractivity contribution in [2.24, 2.45) is 0 Å². The average molecular weight is 255 g/mol. The summed E-state index contributed by atoms with van der Waals surface area (Å²) >= 11 is 0. The van der Waals surface area contributed by atoms with Gasteiger partial charge in [-0.3, -0.25) is 0 Å². The van der Waals surface area contributed by atoms with Crippen molar-refractivity contribution >= 4 is 15.8 Å². The van der Waals surface area contributed by atoms with Crippen LogP contribution in [0.4, 0.5) is 5.82 Å². The molecule has 1 aliphatic carbocycles. The van der Waals surface area contributed by atoms with E-state index in [9.17, 15) is 8.42 Å². The number of anilines is 1. The normalized spacial score (nSPS) is 17.2. The third-order valence-electron chi connectivity index (χ3n) is 2.97. The Morgan fingerprint density at radius 2 is 2.06 bits per heavy atom. The first-order valence-corrected chi connectivity index (χ1v) is 7.26. The monoisotopic (exact) mass is 255 g/mol. The number of hydrogen-bond acceptors (Lipinski definition) is 4. The molecule has 2 N–H and O–H groups in total. The van der Waals surface area contributed by atoms with Gasteiger partial charge in [0.05, 0.1) is 4.90 Å². The minimum absolute atomic E-state index is 0.0891. The lowest BCUT2D eigenvalue weighted by atomic mass is 10.3. The Kier molecular flexibility index (Phi) is 3.63. The molecule has 0 unspecified atom stereocenters. The molecule has 0 bridgehead atoms. The fourth-order valence-electron chi connectivity index (χ4n) is 2.05. The maximum Gasteiger partial charge on any atom is 0.241 e. The highest BCUT2D eigenvalue weighted by Gasteiger charge is 2.22. The summed E-state index contributed by atoms with van der Waals surface area (Å²) in [7, 11) is -1.69. The van der Waals surface area contributed by atoms with E-state index in [0.29, 0.717) is 5.82 Å². The van der Waals surface area contributed by atoms with E-state index in [1.165, 1.54) is 18.3 Å². The summed E-state index contributed by atoms with van der Waals surface area (Å²) in [5.41, 5.74) is 0. The third kappa shape index (κ3) is 2.95. The lowest BCUT2D eigenvalue weighted by molar-refractivity contribution is 0.552. The Morgan fingerprint density at radius 1 is 1.35 bits per heavy atom. The highest BCUT2D eigenvalue weighted by atomic mass is 32.2. The van der Waals surface area contributed by atoms with E-state index in [4.69, 9.17) is 0 Å². The van der Waals surface area contributed by atoms with Crippen molar-refractivity contribution in [1.82, 2.24) is 9.71 Å². The summed E-state index contributed by atoms with van der Waals surface area (Å²) in [6.45, 7) is 0. The highest BCUT2D eigenvalue weighted by molar-refractivity contribution is 7.89. The summed E-state index contributed by atoms with van der Waals surface area (Å²) in [5.74, 6) is 0.555. The number of hydrogen-bond donors (Lipinski definition) is 2. The van der Waals surface area contributed by atoms with E-state index in [0.717, 1.165) is 25.7 Å². The molecule has 5 nitrogen and oxygen atoms in total. The molecule has 1 aliphatic rings. The van der Waals surface area contributed by atoms with Gasteiger partial charge < -0.3 is 5.32 Å². The van der Waals surface area contributed by atoms with Gasteiger partial charge in [-0.2, -0.15) is 0 Å². The number of nitrogens with one attached hydrogen (secondary N) is 2. The highest BCUT2D eigenvalue weighted by Crippen LogP contribution is 2.20. The summed E-state index contributed by atoms with van der Waals surface area (Å²) in [6, 6.07) is 3.14. The van der Waals surface area contributed by atoms with Gasteiger partial charge in [0.2, 0.25) is 10.0 Å². The maximum atomic E-state index is 12.1. The Labute approximate surface area is 102 Å². The lowest BCUT2D eigenvalue weighted by Gasteiger charge is -2.12. The number of rotatable bonds is 4. The third-order valence-corrected chi connectivity index (χ3v) is 4.49. The van der Waals surface area contributed by atoms with Crippen LogP contribution in [-0.4, -0.2) is 26.5 Å². The van der Waals surface area contributed by atoms with Crippen LogP contribution < -0.4 is 10.0 Å². The first-order chi connectivity index (χ1) is 8.12. The Balaban J connectivity index is 2.18.